The number of aliphatic hydroxyl groups is 1. The molecule has 0 saturated heterocycles. The average molecular weight is 273 g/mol. The fraction of sp³-hybridized carbons (Fsp3) is 0.667. The molecule has 2 fully saturated rings. The Kier molecular flexibility index (Phi) is 4.42. The molecule has 0 aromatic heterocycles. The van der Waals surface area contributed by atoms with Crippen LogP contribution in [0.2, 0.25) is 0 Å². The predicted octanol–water partition coefficient (Wildman–Crippen LogP) is 3.74. The summed E-state index contributed by atoms with van der Waals surface area (Å²) in [5.41, 5.74) is 2.48. The van der Waals surface area contributed by atoms with Crippen molar-refractivity contribution in [2.75, 3.05) is 6.54 Å². The quantitative estimate of drug-likeness (QED) is 0.801. The van der Waals surface area contributed by atoms with Crippen molar-refractivity contribution in [3.63, 3.8) is 0 Å². The van der Waals surface area contributed by atoms with E-state index in [-0.39, 0.29) is 0 Å². The van der Waals surface area contributed by atoms with Gasteiger partial charge in [-0.05, 0) is 42.7 Å². The Labute approximate surface area is 122 Å². The Morgan fingerprint density at radius 3 is 2.45 bits per heavy atom. The third-order valence-electron chi connectivity index (χ3n) is 4.88. The summed E-state index contributed by atoms with van der Waals surface area (Å²) in [4.78, 5) is 0. The molecule has 0 spiro atoms. The van der Waals surface area contributed by atoms with E-state index in [1.807, 2.05) is 0 Å². The van der Waals surface area contributed by atoms with Crippen molar-refractivity contribution in [1.82, 2.24) is 5.32 Å². The smallest absolute Gasteiger partial charge is 0.0771 e. The lowest BCUT2D eigenvalue weighted by Crippen LogP contribution is -2.40. The second kappa shape index (κ2) is 6.28. The van der Waals surface area contributed by atoms with Gasteiger partial charge in [-0.2, -0.15) is 0 Å². The van der Waals surface area contributed by atoms with E-state index in [0.29, 0.717) is 0 Å². The zero-order chi connectivity index (χ0) is 13.8. The highest BCUT2D eigenvalue weighted by Crippen LogP contribution is 2.41. The molecule has 2 aliphatic carbocycles. The van der Waals surface area contributed by atoms with Crippen LogP contribution in [0.1, 0.15) is 68.4 Å². The maximum atomic E-state index is 10.7. The van der Waals surface area contributed by atoms with E-state index in [4.69, 9.17) is 0 Å². The third kappa shape index (κ3) is 3.62. The lowest BCUT2D eigenvalue weighted by atomic mass is 9.94. The molecule has 0 aliphatic heterocycles. The van der Waals surface area contributed by atoms with Crippen LogP contribution in [0.5, 0.6) is 0 Å². The van der Waals surface area contributed by atoms with Gasteiger partial charge in [-0.1, -0.05) is 49.9 Å². The molecular formula is C18H27NO. The van der Waals surface area contributed by atoms with Gasteiger partial charge in [0.1, 0.15) is 0 Å². The summed E-state index contributed by atoms with van der Waals surface area (Å²) in [5.74, 6) is 0.800. The summed E-state index contributed by atoms with van der Waals surface area (Å²) >= 11 is 0. The minimum atomic E-state index is -0.467. The number of hydrogen-bond donors (Lipinski definition) is 2. The van der Waals surface area contributed by atoms with Gasteiger partial charge in [-0.15, -0.1) is 0 Å². The van der Waals surface area contributed by atoms with E-state index in [1.54, 1.807) is 0 Å². The maximum Gasteiger partial charge on any atom is 0.0771 e. The normalized spacial score (nSPS) is 22.4. The van der Waals surface area contributed by atoms with Crippen LogP contribution < -0.4 is 5.32 Å². The molecule has 0 unspecified atom stereocenters. The van der Waals surface area contributed by atoms with Gasteiger partial charge in [0.25, 0.3) is 0 Å². The monoisotopic (exact) mass is 273 g/mol. The van der Waals surface area contributed by atoms with Gasteiger partial charge in [0.15, 0.2) is 0 Å². The molecule has 0 atom stereocenters. The van der Waals surface area contributed by atoms with E-state index in [2.05, 4.69) is 29.6 Å². The van der Waals surface area contributed by atoms with E-state index >= 15 is 0 Å². The Morgan fingerprint density at radius 2 is 1.75 bits per heavy atom. The number of hydrogen-bond acceptors (Lipinski definition) is 2. The lowest BCUT2D eigenvalue weighted by Gasteiger charge is -2.27. The molecular weight excluding hydrogens is 246 g/mol. The van der Waals surface area contributed by atoms with Gasteiger partial charge < -0.3 is 10.4 Å². The minimum absolute atomic E-state index is 0.467. The highest BCUT2D eigenvalue weighted by Gasteiger charge is 2.28. The topological polar surface area (TPSA) is 32.3 Å². The first-order chi connectivity index (χ1) is 9.77. The second-order valence-electron chi connectivity index (χ2n) is 6.72. The van der Waals surface area contributed by atoms with Crippen molar-refractivity contribution in [2.24, 2.45) is 0 Å². The van der Waals surface area contributed by atoms with Crippen molar-refractivity contribution in [3.8, 4) is 0 Å². The number of nitrogens with one attached hydrogen (secondary N) is 1. The number of rotatable bonds is 5. The van der Waals surface area contributed by atoms with Gasteiger partial charge in [0, 0.05) is 13.1 Å². The van der Waals surface area contributed by atoms with Gasteiger partial charge >= 0.3 is 0 Å². The van der Waals surface area contributed by atoms with Crippen LogP contribution in [0.25, 0.3) is 0 Å². The fourth-order valence-electron chi connectivity index (χ4n) is 3.48. The first kappa shape index (κ1) is 14.1. The summed E-state index contributed by atoms with van der Waals surface area (Å²) in [6, 6.07) is 8.78. The zero-order valence-electron chi connectivity index (χ0n) is 12.4. The molecule has 2 heteroatoms. The molecule has 1 aromatic rings. The van der Waals surface area contributed by atoms with Crippen LogP contribution in [-0.4, -0.2) is 17.3 Å². The van der Waals surface area contributed by atoms with Crippen molar-refractivity contribution < 1.29 is 5.11 Å². The van der Waals surface area contributed by atoms with Crippen molar-refractivity contribution in [3.05, 3.63) is 35.4 Å². The molecule has 2 aliphatic rings. The van der Waals surface area contributed by atoms with Crippen LogP contribution in [0.15, 0.2) is 24.3 Å². The van der Waals surface area contributed by atoms with Crippen LogP contribution >= 0.6 is 0 Å². The Morgan fingerprint density at radius 1 is 1.05 bits per heavy atom. The Bertz CT molecular complexity index is 431. The Balaban J connectivity index is 1.54. The summed E-state index contributed by atoms with van der Waals surface area (Å²) in [5, 5.41) is 14.2. The fourth-order valence-corrected chi connectivity index (χ4v) is 3.48. The SMILES string of the molecule is OC1(CNCc2ccccc2C2CC2)CCCCCC1. The molecule has 2 nitrogen and oxygen atoms in total. The van der Waals surface area contributed by atoms with Crippen LogP contribution in [0.4, 0.5) is 0 Å². The predicted molar refractivity (Wildman–Crippen MR) is 82.8 cm³/mol. The standard InChI is InChI=1S/C18H27NO/c20-18(11-5-1-2-6-12-18)14-19-13-16-7-3-4-8-17(16)15-9-10-15/h3-4,7-8,15,19-20H,1-2,5-6,9-14H2. The molecule has 1 aromatic carbocycles. The van der Waals surface area contributed by atoms with E-state index in [1.165, 1.54) is 49.7 Å². The molecule has 20 heavy (non-hydrogen) atoms. The minimum Gasteiger partial charge on any atom is -0.389 e. The van der Waals surface area contributed by atoms with E-state index in [9.17, 15) is 5.11 Å². The van der Waals surface area contributed by atoms with Gasteiger partial charge in [0.2, 0.25) is 0 Å². The highest BCUT2D eigenvalue weighted by molar-refractivity contribution is 5.33. The lowest BCUT2D eigenvalue weighted by molar-refractivity contribution is 0.0250. The van der Waals surface area contributed by atoms with Crippen LogP contribution in [-0.2, 0) is 6.54 Å². The summed E-state index contributed by atoms with van der Waals surface area (Å²) in [6.45, 7) is 1.64. The number of benzene rings is 1. The van der Waals surface area contributed by atoms with E-state index in [0.717, 1.165) is 31.8 Å². The summed E-state index contributed by atoms with van der Waals surface area (Å²) in [6.07, 6.45) is 9.55. The zero-order valence-corrected chi connectivity index (χ0v) is 12.4. The van der Waals surface area contributed by atoms with Gasteiger partial charge in [-0.3, -0.25) is 0 Å². The molecule has 0 heterocycles. The molecule has 0 bridgehead atoms. The first-order valence-electron chi connectivity index (χ1n) is 8.28. The van der Waals surface area contributed by atoms with Crippen molar-refractivity contribution in [2.45, 2.75) is 69.4 Å². The van der Waals surface area contributed by atoms with Gasteiger partial charge in [-0.25, -0.2) is 0 Å². The van der Waals surface area contributed by atoms with Crippen molar-refractivity contribution >= 4 is 0 Å². The summed E-state index contributed by atoms with van der Waals surface area (Å²) < 4.78 is 0. The molecule has 3 rings (SSSR count). The molecule has 2 saturated carbocycles. The molecule has 0 radical (unpaired) electrons. The summed E-state index contributed by atoms with van der Waals surface area (Å²) in [7, 11) is 0. The van der Waals surface area contributed by atoms with Crippen LogP contribution in [0.3, 0.4) is 0 Å². The molecule has 0 amide bonds. The average Bonchev–Trinajstić information content (AvgIpc) is 3.28. The van der Waals surface area contributed by atoms with Crippen LogP contribution in [0, 0.1) is 0 Å². The van der Waals surface area contributed by atoms with E-state index < -0.39 is 5.60 Å². The van der Waals surface area contributed by atoms with Crippen molar-refractivity contribution in [1.29, 1.82) is 0 Å². The molecule has 2 N–H and O–H groups in total. The largest absolute Gasteiger partial charge is 0.389 e. The third-order valence-corrected chi connectivity index (χ3v) is 4.88. The maximum absolute atomic E-state index is 10.7. The molecule has 110 valence electrons. The first-order valence-corrected chi connectivity index (χ1v) is 8.28. The van der Waals surface area contributed by atoms with Gasteiger partial charge in [0.05, 0.1) is 5.60 Å². The Hall–Kier alpha value is -0.860. The highest BCUT2D eigenvalue weighted by atomic mass is 16.3. The second-order valence-corrected chi connectivity index (χ2v) is 6.72.